The van der Waals surface area contributed by atoms with E-state index in [1.807, 2.05) is 30.3 Å². The van der Waals surface area contributed by atoms with E-state index in [0.29, 0.717) is 34.8 Å². The first kappa shape index (κ1) is 46.8. The standard InChI is InChI=1S/C26H25F3N2O4S.C16H14F3NO5S/c1-35-22-12-14-23(15-13-22)36(33,34)31(21-10-5-9-20(17-21)26(27,28)29)18-25(32)30-16-6-11-24(30)19-7-3-2-4-8-19;1-25-13-5-7-14(8-6-13)26(23,24)20(10-15(21)22)12-4-2-3-11(9-12)16(17,18)19/h2-5,7-10,12-15,17,24H,6,11,16,18H2,1H3;2-9H,10H2,1H3,(H,21,22). The Kier molecular flexibility index (Phi) is 14.5. The summed E-state index contributed by atoms with van der Waals surface area (Å²) < 4.78 is 143. The molecule has 1 N–H and O–H groups in total. The molecular weight excluding hydrogens is 869 g/mol. The number of sulfonamides is 2. The van der Waals surface area contributed by atoms with E-state index in [1.165, 1.54) is 68.8 Å². The van der Waals surface area contributed by atoms with Crippen LogP contribution in [0.5, 0.6) is 11.5 Å². The van der Waals surface area contributed by atoms with Crippen LogP contribution < -0.4 is 18.1 Å². The number of hydrogen-bond donors (Lipinski definition) is 1. The number of hydrogen-bond acceptors (Lipinski definition) is 8. The number of carboxylic acid groups (broad SMARTS) is 1. The molecule has 1 unspecified atom stereocenters. The van der Waals surface area contributed by atoms with Gasteiger partial charge in [-0.1, -0.05) is 42.5 Å². The minimum absolute atomic E-state index is 0.172. The van der Waals surface area contributed by atoms with Gasteiger partial charge in [0, 0.05) is 6.54 Å². The predicted octanol–water partition coefficient (Wildman–Crippen LogP) is 8.27. The van der Waals surface area contributed by atoms with Gasteiger partial charge in [-0.25, -0.2) is 16.8 Å². The largest absolute Gasteiger partial charge is 0.497 e. The van der Waals surface area contributed by atoms with Gasteiger partial charge >= 0.3 is 18.3 Å². The van der Waals surface area contributed by atoms with E-state index in [-0.39, 0.29) is 21.5 Å². The minimum atomic E-state index is -4.70. The zero-order valence-electron chi connectivity index (χ0n) is 32.9. The first-order valence-corrected chi connectivity index (χ1v) is 21.3. The predicted molar refractivity (Wildman–Crippen MR) is 216 cm³/mol. The van der Waals surface area contributed by atoms with Gasteiger partial charge in [-0.05, 0) is 103 Å². The Morgan fingerprint density at radius 3 is 1.48 bits per heavy atom. The molecular formula is C42H39F6N3O9S2. The lowest BCUT2D eigenvalue weighted by Crippen LogP contribution is -2.43. The van der Waals surface area contributed by atoms with Crippen LogP contribution in [-0.4, -0.2) is 72.6 Å². The highest BCUT2D eigenvalue weighted by Crippen LogP contribution is 2.36. The zero-order valence-corrected chi connectivity index (χ0v) is 34.5. The summed E-state index contributed by atoms with van der Waals surface area (Å²) in [7, 11) is -5.99. The maximum Gasteiger partial charge on any atom is 0.416 e. The highest BCUT2D eigenvalue weighted by atomic mass is 32.2. The second kappa shape index (κ2) is 19.2. The van der Waals surface area contributed by atoms with Crippen molar-refractivity contribution in [1.29, 1.82) is 0 Å². The van der Waals surface area contributed by atoms with Crippen LogP contribution in [0.1, 0.15) is 35.6 Å². The molecule has 0 saturated carbocycles. The highest BCUT2D eigenvalue weighted by Gasteiger charge is 2.37. The minimum Gasteiger partial charge on any atom is -0.497 e. The molecule has 5 aromatic carbocycles. The lowest BCUT2D eigenvalue weighted by Gasteiger charge is -2.30. The Morgan fingerprint density at radius 1 is 0.645 bits per heavy atom. The Balaban J connectivity index is 0.000000247. The van der Waals surface area contributed by atoms with E-state index in [0.717, 1.165) is 52.7 Å². The van der Waals surface area contributed by atoms with Gasteiger partial charge in [-0.15, -0.1) is 0 Å². The summed E-state index contributed by atoms with van der Waals surface area (Å²) in [6.07, 6.45) is -7.93. The third-order valence-corrected chi connectivity index (χ3v) is 13.1. The van der Waals surface area contributed by atoms with Gasteiger partial charge < -0.3 is 19.5 Å². The Labute approximate surface area is 353 Å². The van der Waals surface area contributed by atoms with Gasteiger partial charge in [0.2, 0.25) is 5.91 Å². The number of carbonyl (C=O) groups excluding carboxylic acids is 1. The molecule has 1 aliphatic heterocycles. The molecule has 1 fully saturated rings. The van der Waals surface area contributed by atoms with E-state index in [1.54, 1.807) is 4.90 Å². The summed E-state index contributed by atoms with van der Waals surface area (Å²) in [6, 6.07) is 27.1. The Morgan fingerprint density at radius 2 is 1.08 bits per heavy atom. The van der Waals surface area contributed by atoms with E-state index in [4.69, 9.17) is 14.6 Å². The van der Waals surface area contributed by atoms with Crippen molar-refractivity contribution in [3.8, 4) is 11.5 Å². The topological polar surface area (TPSA) is 151 Å². The van der Waals surface area contributed by atoms with Gasteiger partial charge in [0.1, 0.15) is 24.6 Å². The van der Waals surface area contributed by atoms with Crippen molar-refractivity contribution in [2.24, 2.45) is 0 Å². The first-order chi connectivity index (χ1) is 29.2. The zero-order chi connectivity index (χ0) is 45.5. The fourth-order valence-corrected chi connectivity index (χ4v) is 9.29. The summed E-state index contributed by atoms with van der Waals surface area (Å²) >= 11 is 0. The Hall–Kier alpha value is -6.28. The number of nitrogens with zero attached hydrogens (tertiary/aromatic N) is 3. The van der Waals surface area contributed by atoms with Crippen LogP contribution in [0.15, 0.2) is 137 Å². The number of carboxylic acids is 1. The molecule has 1 heterocycles. The van der Waals surface area contributed by atoms with Crippen LogP contribution in [0.25, 0.3) is 0 Å². The van der Waals surface area contributed by atoms with Crippen molar-refractivity contribution in [3.05, 3.63) is 144 Å². The third-order valence-electron chi connectivity index (χ3n) is 9.53. The molecule has 0 bridgehead atoms. The number of benzene rings is 5. The lowest BCUT2D eigenvalue weighted by atomic mass is 10.0. The van der Waals surface area contributed by atoms with Gasteiger partial charge in [0.05, 0.1) is 52.6 Å². The van der Waals surface area contributed by atoms with Crippen molar-refractivity contribution in [3.63, 3.8) is 0 Å². The van der Waals surface area contributed by atoms with Crippen LogP contribution in [0.3, 0.4) is 0 Å². The van der Waals surface area contributed by atoms with Crippen LogP contribution >= 0.6 is 0 Å². The first-order valence-electron chi connectivity index (χ1n) is 18.4. The quantitative estimate of drug-likeness (QED) is 0.115. The summed E-state index contributed by atoms with van der Waals surface area (Å²) in [5.74, 6) is -1.22. The average Bonchev–Trinajstić information content (AvgIpc) is 3.75. The molecule has 1 atom stereocenters. The van der Waals surface area contributed by atoms with Crippen molar-refractivity contribution < 1.29 is 67.3 Å². The van der Waals surface area contributed by atoms with E-state index < -0.39 is 74.2 Å². The van der Waals surface area contributed by atoms with E-state index in [2.05, 4.69) is 0 Å². The summed E-state index contributed by atoms with van der Waals surface area (Å²) in [5.41, 5.74) is -1.82. The van der Waals surface area contributed by atoms with Gasteiger partial charge in [-0.2, -0.15) is 26.3 Å². The number of ether oxygens (including phenoxy) is 2. The van der Waals surface area contributed by atoms with Gasteiger partial charge in [0.15, 0.2) is 0 Å². The Bertz CT molecular complexity index is 2560. The normalized spacial score (nSPS) is 14.3. The number of aliphatic carboxylic acids is 1. The third kappa shape index (κ3) is 11.1. The fraction of sp³-hybridized carbons (Fsp3) is 0.238. The highest BCUT2D eigenvalue weighted by molar-refractivity contribution is 7.93. The molecule has 20 heteroatoms. The number of halogens is 6. The SMILES string of the molecule is COc1ccc(S(=O)(=O)N(CC(=O)N2CCCC2c2ccccc2)c2cccc(C(F)(F)F)c2)cc1.COc1ccc(S(=O)(=O)N(CC(=O)O)c2cccc(C(F)(F)F)c2)cc1. The van der Waals surface area contributed by atoms with Gasteiger partial charge in [0.25, 0.3) is 20.0 Å². The number of anilines is 2. The molecule has 1 saturated heterocycles. The molecule has 62 heavy (non-hydrogen) atoms. The van der Waals surface area contributed by atoms with Crippen LogP contribution in [-0.2, 0) is 42.0 Å². The second-order valence-corrected chi connectivity index (χ2v) is 17.2. The summed E-state index contributed by atoms with van der Waals surface area (Å²) in [6.45, 7) is -1.24. The monoisotopic (exact) mass is 907 g/mol. The summed E-state index contributed by atoms with van der Waals surface area (Å²) in [4.78, 5) is 25.7. The van der Waals surface area contributed by atoms with E-state index in [9.17, 15) is 52.8 Å². The maximum absolute atomic E-state index is 13.6. The maximum atomic E-state index is 13.6. The number of alkyl halides is 6. The molecule has 0 aromatic heterocycles. The smallest absolute Gasteiger partial charge is 0.416 e. The van der Waals surface area contributed by atoms with Crippen LogP contribution in [0, 0.1) is 0 Å². The molecule has 1 amide bonds. The number of methoxy groups -OCH3 is 2. The van der Waals surface area contributed by atoms with Crippen LogP contribution in [0.2, 0.25) is 0 Å². The fourth-order valence-electron chi connectivity index (χ4n) is 6.48. The van der Waals surface area contributed by atoms with E-state index >= 15 is 0 Å². The number of likely N-dealkylation sites (tertiary alicyclic amines) is 1. The molecule has 0 aliphatic carbocycles. The summed E-state index contributed by atoms with van der Waals surface area (Å²) in [5, 5.41) is 9.02. The molecule has 1 aliphatic rings. The molecule has 330 valence electrons. The van der Waals surface area contributed by atoms with Crippen molar-refractivity contribution in [2.45, 2.75) is 41.0 Å². The number of amides is 1. The van der Waals surface area contributed by atoms with Gasteiger partial charge in [-0.3, -0.25) is 18.2 Å². The van der Waals surface area contributed by atoms with Crippen molar-refractivity contribution in [1.82, 2.24) is 4.90 Å². The lowest BCUT2D eigenvalue weighted by molar-refractivity contribution is -0.138. The second-order valence-electron chi connectivity index (χ2n) is 13.5. The van der Waals surface area contributed by atoms with Crippen LogP contribution in [0.4, 0.5) is 37.7 Å². The van der Waals surface area contributed by atoms with Crippen molar-refractivity contribution >= 4 is 43.3 Å². The molecule has 0 radical (unpaired) electrons. The molecule has 6 rings (SSSR count). The number of rotatable bonds is 13. The average molecular weight is 908 g/mol. The molecule has 5 aromatic rings. The number of carbonyl (C=O) groups is 2. The van der Waals surface area contributed by atoms with Crippen molar-refractivity contribution in [2.75, 3.05) is 42.5 Å². The molecule has 0 spiro atoms. The molecule has 12 nitrogen and oxygen atoms in total.